The molecule has 1 heterocycles. The second kappa shape index (κ2) is 11.2. The fraction of sp³-hybridized carbons (Fsp3) is 0.808. The summed E-state index contributed by atoms with van der Waals surface area (Å²) in [5.74, 6) is -2.66. The summed E-state index contributed by atoms with van der Waals surface area (Å²) in [5.41, 5.74) is 4.14. The van der Waals surface area contributed by atoms with Crippen molar-refractivity contribution in [2.45, 2.75) is 105 Å². The number of amides is 5. The number of ketones is 1. The maximum atomic E-state index is 13.8. The molecule has 2 rings (SSSR count). The van der Waals surface area contributed by atoms with Crippen LogP contribution in [0.4, 0.5) is 4.79 Å². The van der Waals surface area contributed by atoms with Crippen molar-refractivity contribution in [1.82, 2.24) is 20.9 Å². The first-order valence-electron chi connectivity index (χ1n) is 13.0. The van der Waals surface area contributed by atoms with Crippen LogP contribution in [0.3, 0.4) is 0 Å². The van der Waals surface area contributed by atoms with Crippen LogP contribution in [0.5, 0.6) is 0 Å². The summed E-state index contributed by atoms with van der Waals surface area (Å²) in [4.78, 5) is 65.6. The second-order valence-corrected chi connectivity index (χ2v) is 12.7. The summed E-state index contributed by atoms with van der Waals surface area (Å²) in [6.07, 6.45) is 3.29. The molecular weight excluding hydrogens is 462 g/mol. The van der Waals surface area contributed by atoms with Gasteiger partial charge in [0.25, 0.3) is 5.91 Å². The third-order valence-electron chi connectivity index (χ3n) is 7.31. The summed E-state index contributed by atoms with van der Waals surface area (Å²) in [6, 6.07) is -3.20. The minimum absolute atomic E-state index is 0.0191. The lowest BCUT2D eigenvalue weighted by Crippen LogP contribution is -2.61. The van der Waals surface area contributed by atoms with Crippen LogP contribution < -0.4 is 21.7 Å². The number of likely N-dealkylation sites (tertiary alicyclic amines) is 1. The lowest BCUT2D eigenvalue weighted by Gasteiger charge is -2.37. The number of primary amides is 1. The monoisotopic (exact) mass is 507 g/mol. The molecule has 1 aliphatic heterocycles. The normalized spacial score (nSPS) is 24.3. The molecule has 2 fully saturated rings. The molecule has 1 aliphatic carbocycles. The number of carbonyl (C=O) groups is 5. The molecule has 0 unspecified atom stereocenters. The quantitative estimate of drug-likeness (QED) is 0.369. The molecular formula is C26H45N5O5. The Bertz CT molecular complexity index is 871. The van der Waals surface area contributed by atoms with Crippen molar-refractivity contribution >= 4 is 29.5 Å². The van der Waals surface area contributed by atoms with Gasteiger partial charge in [-0.3, -0.25) is 19.2 Å². The number of nitrogens with two attached hydrogens (primary N) is 1. The van der Waals surface area contributed by atoms with Crippen molar-refractivity contribution in [3.63, 3.8) is 0 Å². The molecule has 36 heavy (non-hydrogen) atoms. The minimum Gasteiger partial charge on any atom is -0.363 e. The molecule has 0 radical (unpaired) electrons. The van der Waals surface area contributed by atoms with E-state index in [2.05, 4.69) is 16.0 Å². The van der Waals surface area contributed by atoms with Crippen LogP contribution in [0.2, 0.25) is 0 Å². The molecule has 10 nitrogen and oxygen atoms in total. The Morgan fingerprint density at radius 2 is 1.56 bits per heavy atom. The Hall–Kier alpha value is -2.65. The summed E-state index contributed by atoms with van der Waals surface area (Å²) < 4.78 is 0. The molecule has 10 heteroatoms. The standard InChI is InChI=1S/C26H45N5O5/c1-14-13-31(23(35)20(25(3,4)5)29-24(36)30-26(6,7)8)18(15(14)2)22(34)28-17(19(32)21(27)33)12-16-10-9-11-16/h14-18,20H,9-13H2,1-8H3,(H2,27,33)(H,28,34)(H2,29,30,36)/t14-,15-,17-,18-,20+/m0/s1. The van der Waals surface area contributed by atoms with Crippen molar-refractivity contribution < 1.29 is 24.0 Å². The van der Waals surface area contributed by atoms with E-state index in [1.165, 1.54) is 4.90 Å². The highest BCUT2D eigenvalue weighted by molar-refractivity contribution is 6.37. The lowest BCUT2D eigenvalue weighted by molar-refractivity contribution is -0.144. The third kappa shape index (κ3) is 7.43. The van der Waals surface area contributed by atoms with Crippen molar-refractivity contribution in [3.8, 4) is 0 Å². The van der Waals surface area contributed by atoms with E-state index in [-0.39, 0.29) is 23.7 Å². The first kappa shape index (κ1) is 29.6. The Morgan fingerprint density at radius 3 is 2.00 bits per heavy atom. The zero-order valence-electron chi connectivity index (χ0n) is 23.1. The van der Waals surface area contributed by atoms with Gasteiger partial charge in [-0.25, -0.2) is 4.79 Å². The van der Waals surface area contributed by atoms with Gasteiger partial charge < -0.3 is 26.6 Å². The van der Waals surface area contributed by atoms with Gasteiger partial charge in [-0.15, -0.1) is 0 Å². The molecule has 0 aromatic rings. The highest BCUT2D eigenvalue weighted by Gasteiger charge is 2.48. The van der Waals surface area contributed by atoms with E-state index in [0.29, 0.717) is 13.0 Å². The Kier molecular flexibility index (Phi) is 9.18. The van der Waals surface area contributed by atoms with Crippen LogP contribution in [0.15, 0.2) is 0 Å². The van der Waals surface area contributed by atoms with Gasteiger partial charge in [-0.1, -0.05) is 53.9 Å². The van der Waals surface area contributed by atoms with Crippen LogP contribution in [0.1, 0.15) is 81.1 Å². The Morgan fingerprint density at radius 1 is 0.972 bits per heavy atom. The van der Waals surface area contributed by atoms with E-state index in [0.717, 1.165) is 19.3 Å². The lowest BCUT2D eigenvalue weighted by atomic mass is 9.80. The van der Waals surface area contributed by atoms with Crippen LogP contribution >= 0.6 is 0 Å². The zero-order valence-corrected chi connectivity index (χ0v) is 23.1. The summed E-state index contributed by atoms with van der Waals surface area (Å²) >= 11 is 0. The van der Waals surface area contributed by atoms with Crippen molar-refractivity contribution in [3.05, 3.63) is 0 Å². The average Bonchev–Trinajstić information content (AvgIpc) is 2.99. The van der Waals surface area contributed by atoms with Gasteiger partial charge in [0.05, 0.1) is 6.04 Å². The van der Waals surface area contributed by atoms with E-state index < -0.39 is 52.7 Å². The Balaban J connectivity index is 2.27. The summed E-state index contributed by atoms with van der Waals surface area (Å²) in [5, 5.41) is 8.36. The fourth-order valence-electron chi connectivity index (χ4n) is 4.84. The largest absolute Gasteiger partial charge is 0.363 e. The fourth-order valence-corrected chi connectivity index (χ4v) is 4.84. The highest BCUT2D eigenvalue weighted by atomic mass is 16.2. The molecule has 0 spiro atoms. The van der Waals surface area contributed by atoms with Crippen LogP contribution in [-0.4, -0.2) is 64.6 Å². The van der Waals surface area contributed by atoms with E-state index in [1.807, 2.05) is 55.4 Å². The molecule has 5 atom stereocenters. The predicted molar refractivity (Wildman–Crippen MR) is 137 cm³/mol. The molecule has 5 N–H and O–H groups in total. The molecule has 2 aliphatic rings. The number of carbonyl (C=O) groups excluding carboxylic acids is 5. The smallest absolute Gasteiger partial charge is 0.315 e. The molecule has 204 valence electrons. The summed E-state index contributed by atoms with van der Waals surface area (Å²) in [6.45, 7) is 15.3. The van der Waals surface area contributed by atoms with Gasteiger partial charge in [0.15, 0.2) is 0 Å². The molecule has 0 aromatic heterocycles. The highest BCUT2D eigenvalue weighted by Crippen LogP contribution is 2.34. The SMILES string of the molecule is C[C@@H]1[C@@H](C(=O)N[C@@H](CC2CCC2)C(=O)C(N)=O)N(C(=O)[C@@H](NC(=O)NC(C)(C)C)C(C)(C)C)C[C@@H]1C. The first-order valence-corrected chi connectivity index (χ1v) is 13.0. The van der Waals surface area contributed by atoms with Crippen molar-refractivity contribution in [2.24, 2.45) is 28.9 Å². The predicted octanol–water partition coefficient (Wildman–Crippen LogP) is 1.71. The van der Waals surface area contributed by atoms with Gasteiger partial charge in [0.1, 0.15) is 12.1 Å². The molecule has 1 saturated carbocycles. The average molecular weight is 508 g/mol. The third-order valence-corrected chi connectivity index (χ3v) is 7.31. The molecule has 1 saturated heterocycles. The zero-order chi connectivity index (χ0) is 27.6. The molecule has 0 bridgehead atoms. The van der Waals surface area contributed by atoms with Crippen LogP contribution in [0, 0.1) is 23.2 Å². The number of rotatable bonds is 8. The van der Waals surface area contributed by atoms with Gasteiger partial charge in [0.2, 0.25) is 17.6 Å². The number of nitrogens with one attached hydrogen (secondary N) is 3. The van der Waals surface area contributed by atoms with Gasteiger partial charge in [-0.2, -0.15) is 0 Å². The van der Waals surface area contributed by atoms with Crippen LogP contribution in [0.25, 0.3) is 0 Å². The maximum absolute atomic E-state index is 13.8. The number of hydrogen-bond acceptors (Lipinski definition) is 5. The topological polar surface area (TPSA) is 151 Å². The number of urea groups is 1. The van der Waals surface area contributed by atoms with E-state index in [1.54, 1.807) is 0 Å². The van der Waals surface area contributed by atoms with Crippen molar-refractivity contribution in [2.75, 3.05) is 6.54 Å². The van der Waals surface area contributed by atoms with Gasteiger partial charge >= 0.3 is 6.03 Å². The van der Waals surface area contributed by atoms with Gasteiger partial charge in [-0.05, 0) is 50.4 Å². The van der Waals surface area contributed by atoms with Crippen molar-refractivity contribution in [1.29, 1.82) is 0 Å². The maximum Gasteiger partial charge on any atom is 0.315 e. The van der Waals surface area contributed by atoms with E-state index >= 15 is 0 Å². The number of nitrogens with zero attached hydrogens (tertiary/aromatic N) is 1. The Labute approximate surface area is 214 Å². The molecule has 5 amide bonds. The first-order chi connectivity index (χ1) is 16.4. The van der Waals surface area contributed by atoms with Gasteiger partial charge in [0, 0.05) is 12.1 Å². The summed E-state index contributed by atoms with van der Waals surface area (Å²) in [7, 11) is 0. The van der Waals surface area contributed by atoms with Crippen LogP contribution in [-0.2, 0) is 19.2 Å². The number of hydrogen-bond donors (Lipinski definition) is 4. The van der Waals surface area contributed by atoms with E-state index in [9.17, 15) is 24.0 Å². The minimum atomic E-state index is -1.08. The number of Topliss-reactive ketones (excluding diaryl/α,β-unsaturated/α-hetero) is 1. The second-order valence-electron chi connectivity index (χ2n) is 12.7. The van der Waals surface area contributed by atoms with E-state index in [4.69, 9.17) is 5.73 Å². The molecule has 0 aromatic carbocycles.